The average Bonchev–Trinajstić information content (AvgIpc) is 3.07. The van der Waals surface area contributed by atoms with Gasteiger partial charge in [-0.25, -0.2) is 9.78 Å². The molecule has 0 atom stereocenters. The van der Waals surface area contributed by atoms with Gasteiger partial charge < -0.3 is 9.64 Å². The molecule has 27 heavy (non-hydrogen) atoms. The number of benzene rings is 1. The van der Waals surface area contributed by atoms with Gasteiger partial charge in [-0.2, -0.15) is 0 Å². The fourth-order valence-electron chi connectivity index (χ4n) is 2.32. The van der Waals surface area contributed by atoms with E-state index in [4.69, 9.17) is 4.74 Å². The Hall–Kier alpha value is -2.12. The van der Waals surface area contributed by atoms with Crippen LogP contribution in [0.4, 0.5) is 0 Å². The lowest BCUT2D eigenvalue weighted by atomic mass is 10.2. The summed E-state index contributed by atoms with van der Waals surface area (Å²) in [4.78, 5) is 31.4. The summed E-state index contributed by atoms with van der Waals surface area (Å²) in [6.07, 6.45) is 0. The first-order valence-electron chi connectivity index (χ1n) is 8.62. The number of nitrogens with zero attached hydrogens (tertiary/aromatic N) is 2. The summed E-state index contributed by atoms with van der Waals surface area (Å²) in [5.41, 5.74) is 2.37. The van der Waals surface area contributed by atoms with Crippen LogP contribution in [0.2, 0.25) is 0 Å². The third kappa shape index (κ3) is 6.84. The largest absolute Gasteiger partial charge is 0.452 e. The topological polar surface area (TPSA) is 59.5 Å². The van der Waals surface area contributed by atoms with E-state index >= 15 is 0 Å². The van der Waals surface area contributed by atoms with Crippen LogP contribution in [0.3, 0.4) is 0 Å². The number of amides is 1. The van der Waals surface area contributed by atoms with Gasteiger partial charge in [-0.15, -0.1) is 23.1 Å². The van der Waals surface area contributed by atoms with Crippen molar-refractivity contribution in [2.24, 2.45) is 0 Å². The Morgan fingerprint density at radius 2 is 2.00 bits per heavy atom. The molecular weight excluding hydrogens is 380 g/mol. The molecule has 0 N–H and O–H groups in total. The zero-order valence-electron chi connectivity index (χ0n) is 15.9. The van der Waals surface area contributed by atoms with Crippen LogP contribution >= 0.6 is 23.1 Å². The molecule has 0 saturated carbocycles. The van der Waals surface area contributed by atoms with Crippen molar-refractivity contribution in [3.8, 4) is 0 Å². The predicted octanol–water partition coefficient (Wildman–Crippen LogP) is 4.33. The molecule has 1 aromatic carbocycles. The molecule has 1 aromatic heterocycles. The summed E-state index contributed by atoms with van der Waals surface area (Å²) in [5, 5.41) is 3.11. The van der Waals surface area contributed by atoms with E-state index in [1.54, 1.807) is 40.1 Å². The van der Waals surface area contributed by atoms with Gasteiger partial charge in [0.1, 0.15) is 0 Å². The fraction of sp³-hybridized carbons (Fsp3) is 0.350. The highest BCUT2D eigenvalue weighted by atomic mass is 32.2. The molecule has 1 heterocycles. The lowest BCUT2D eigenvalue weighted by Gasteiger charge is -2.20. The number of likely N-dealkylation sites (N-methyl/N-ethyl adjacent to an activating group) is 1. The Kier molecular flexibility index (Phi) is 8.06. The third-order valence-corrected chi connectivity index (χ3v) is 5.53. The minimum atomic E-state index is -0.499. The third-order valence-electron chi connectivity index (χ3n) is 3.67. The van der Waals surface area contributed by atoms with Gasteiger partial charge in [-0.05, 0) is 45.0 Å². The van der Waals surface area contributed by atoms with Gasteiger partial charge in [0.15, 0.2) is 6.61 Å². The van der Waals surface area contributed by atoms with Gasteiger partial charge in [0.2, 0.25) is 0 Å². The van der Waals surface area contributed by atoms with Crippen molar-refractivity contribution >= 4 is 35.0 Å². The molecule has 0 bridgehead atoms. The summed E-state index contributed by atoms with van der Waals surface area (Å²) in [6, 6.07) is 7.18. The van der Waals surface area contributed by atoms with Crippen LogP contribution in [0.1, 0.15) is 34.9 Å². The van der Waals surface area contributed by atoms with Crippen molar-refractivity contribution in [2.45, 2.75) is 31.4 Å². The van der Waals surface area contributed by atoms with Gasteiger partial charge in [-0.3, -0.25) is 4.79 Å². The van der Waals surface area contributed by atoms with Crippen LogP contribution in [-0.4, -0.2) is 41.5 Å². The van der Waals surface area contributed by atoms with Crippen LogP contribution < -0.4 is 0 Å². The number of hydrogen-bond acceptors (Lipinski definition) is 6. The second-order valence-corrected chi connectivity index (χ2v) is 8.22. The van der Waals surface area contributed by atoms with Gasteiger partial charge in [0.25, 0.3) is 5.91 Å². The Labute approximate surface area is 168 Å². The highest BCUT2D eigenvalue weighted by molar-refractivity contribution is 7.98. The number of thioether (sulfide) groups is 1. The molecule has 2 rings (SSSR count). The number of rotatable bonds is 9. The average molecular weight is 405 g/mol. The normalized spacial score (nSPS) is 10.5. The van der Waals surface area contributed by atoms with Crippen LogP contribution in [0, 0.1) is 6.92 Å². The van der Waals surface area contributed by atoms with Crippen molar-refractivity contribution in [3.05, 3.63) is 58.1 Å². The van der Waals surface area contributed by atoms with E-state index in [1.807, 2.05) is 32.9 Å². The van der Waals surface area contributed by atoms with Crippen molar-refractivity contribution < 1.29 is 14.3 Å². The molecular formula is C20H24N2O3S2. The molecule has 0 unspecified atom stereocenters. The molecule has 0 aliphatic carbocycles. The number of ether oxygens (including phenoxy) is 1. The smallest absolute Gasteiger partial charge is 0.338 e. The van der Waals surface area contributed by atoms with Gasteiger partial charge in [0.05, 0.1) is 16.3 Å². The van der Waals surface area contributed by atoms with Gasteiger partial charge in [0, 0.05) is 29.1 Å². The summed E-state index contributed by atoms with van der Waals surface area (Å²) < 4.78 is 5.15. The van der Waals surface area contributed by atoms with Crippen LogP contribution in [0.25, 0.3) is 0 Å². The van der Waals surface area contributed by atoms with Crippen molar-refractivity contribution in [1.82, 2.24) is 9.88 Å². The summed E-state index contributed by atoms with van der Waals surface area (Å²) >= 11 is 3.30. The maximum atomic E-state index is 12.1. The predicted molar refractivity (Wildman–Crippen MR) is 110 cm³/mol. The zero-order valence-corrected chi connectivity index (χ0v) is 17.5. The Balaban J connectivity index is 1.84. The standard InChI is InChI=1S/C20H24N2O3S2/c1-5-22(10-14(2)3)19(23)11-25-20(24)16-6-8-18(9-7-16)27-13-17-12-26-15(4)21-17/h6-9,12H,2,5,10-11,13H2,1,3-4H3. The molecule has 0 fully saturated rings. The van der Waals surface area contributed by atoms with Gasteiger partial charge in [-0.1, -0.05) is 12.2 Å². The number of aromatic nitrogens is 1. The summed E-state index contributed by atoms with van der Waals surface area (Å²) in [5.74, 6) is 0.0686. The number of hydrogen-bond donors (Lipinski definition) is 0. The lowest BCUT2D eigenvalue weighted by Crippen LogP contribution is -2.35. The van der Waals surface area contributed by atoms with Crippen LogP contribution in [0.15, 0.2) is 46.7 Å². The molecule has 0 aliphatic heterocycles. The SMILES string of the molecule is C=C(C)CN(CC)C(=O)COC(=O)c1ccc(SCc2csc(C)n2)cc1. The zero-order chi connectivity index (χ0) is 19.8. The maximum absolute atomic E-state index is 12.1. The minimum Gasteiger partial charge on any atom is -0.452 e. The summed E-state index contributed by atoms with van der Waals surface area (Å²) in [6.45, 7) is 10.3. The number of thiazole rings is 1. The number of esters is 1. The second-order valence-electron chi connectivity index (χ2n) is 6.11. The first kappa shape index (κ1) is 21.2. The van der Waals surface area contributed by atoms with E-state index < -0.39 is 5.97 Å². The monoisotopic (exact) mass is 404 g/mol. The van der Waals surface area contributed by atoms with E-state index in [2.05, 4.69) is 16.9 Å². The molecule has 0 radical (unpaired) electrons. The molecule has 0 saturated heterocycles. The van der Waals surface area contributed by atoms with E-state index in [1.165, 1.54) is 0 Å². The first-order valence-corrected chi connectivity index (χ1v) is 10.5. The number of aryl methyl sites for hydroxylation is 1. The quantitative estimate of drug-likeness (QED) is 0.354. The molecule has 7 heteroatoms. The number of carbonyl (C=O) groups is 2. The highest BCUT2D eigenvalue weighted by Crippen LogP contribution is 2.24. The van der Waals surface area contributed by atoms with Crippen molar-refractivity contribution in [1.29, 1.82) is 0 Å². The van der Waals surface area contributed by atoms with Crippen LogP contribution in [-0.2, 0) is 15.3 Å². The van der Waals surface area contributed by atoms with Gasteiger partial charge >= 0.3 is 5.97 Å². The molecule has 0 aliphatic rings. The Bertz CT molecular complexity index is 800. The molecule has 2 aromatic rings. The highest BCUT2D eigenvalue weighted by Gasteiger charge is 2.15. The van der Waals surface area contributed by atoms with E-state index in [0.29, 0.717) is 18.7 Å². The summed E-state index contributed by atoms with van der Waals surface area (Å²) in [7, 11) is 0. The lowest BCUT2D eigenvalue weighted by molar-refractivity contribution is -0.133. The minimum absolute atomic E-state index is 0.223. The molecule has 1 amide bonds. The number of carbonyl (C=O) groups excluding carboxylic acids is 2. The van der Waals surface area contributed by atoms with E-state index in [0.717, 1.165) is 26.9 Å². The maximum Gasteiger partial charge on any atom is 0.338 e. The molecule has 144 valence electrons. The van der Waals surface area contributed by atoms with Crippen molar-refractivity contribution in [3.63, 3.8) is 0 Å². The Morgan fingerprint density at radius 3 is 2.56 bits per heavy atom. The Morgan fingerprint density at radius 1 is 1.30 bits per heavy atom. The fourth-order valence-corrected chi connectivity index (χ4v) is 3.83. The molecule has 5 nitrogen and oxygen atoms in total. The first-order chi connectivity index (χ1) is 12.9. The van der Waals surface area contributed by atoms with E-state index in [9.17, 15) is 9.59 Å². The van der Waals surface area contributed by atoms with E-state index in [-0.39, 0.29) is 12.5 Å². The van der Waals surface area contributed by atoms with Crippen LogP contribution in [0.5, 0.6) is 0 Å². The molecule has 0 spiro atoms. The second kappa shape index (κ2) is 10.3. The van der Waals surface area contributed by atoms with Crippen molar-refractivity contribution in [2.75, 3.05) is 19.7 Å².